The predicted octanol–water partition coefficient (Wildman–Crippen LogP) is 6.57. The van der Waals surface area contributed by atoms with Gasteiger partial charge in [-0.25, -0.2) is 34.1 Å². The van der Waals surface area contributed by atoms with Crippen molar-refractivity contribution in [1.29, 1.82) is 0 Å². The van der Waals surface area contributed by atoms with Crippen LogP contribution in [0.5, 0.6) is 0 Å². The van der Waals surface area contributed by atoms with Gasteiger partial charge in [0, 0.05) is 67.1 Å². The van der Waals surface area contributed by atoms with Crippen molar-refractivity contribution < 1.29 is 27.8 Å². The van der Waals surface area contributed by atoms with Gasteiger partial charge in [0.25, 0.3) is 11.8 Å². The summed E-state index contributed by atoms with van der Waals surface area (Å²) in [5.41, 5.74) is 20.0. The van der Waals surface area contributed by atoms with Crippen molar-refractivity contribution in [2.24, 2.45) is 0 Å². The first-order valence-corrected chi connectivity index (χ1v) is 23.7. The highest BCUT2D eigenvalue weighted by Crippen LogP contribution is 2.34. The number of nitrogens with zero attached hydrogens (tertiary/aromatic N) is 10. The molecule has 73 heavy (non-hydrogen) atoms. The third kappa shape index (κ3) is 11.9. The zero-order valence-electron chi connectivity index (χ0n) is 39.0. The summed E-state index contributed by atoms with van der Waals surface area (Å²) in [5, 5.41) is 9.19. The molecule has 0 aliphatic carbocycles. The van der Waals surface area contributed by atoms with Crippen LogP contribution in [0.4, 0.5) is 60.8 Å². The Morgan fingerprint density at radius 3 is 2.01 bits per heavy atom. The van der Waals surface area contributed by atoms with Gasteiger partial charge in [-0.05, 0) is 90.7 Å². The molecule has 10 rings (SSSR count). The van der Waals surface area contributed by atoms with Crippen LogP contribution in [-0.2, 0) is 9.47 Å². The molecular weight excluding hydrogens is 964 g/mol. The topological polar surface area (TPSA) is 237 Å². The Hall–Kier alpha value is -8.38. The highest BCUT2D eigenvalue weighted by molar-refractivity contribution is 6.31. The maximum atomic E-state index is 15.6. The van der Waals surface area contributed by atoms with Gasteiger partial charge in [-0.2, -0.15) is 9.97 Å². The van der Waals surface area contributed by atoms with E-state index in [2.05, 4.69) is 83.7 Å². The normalized spacial score (nSPS) is 15.8. The number of carbonyl (C=O) groups is 2. The fourth-order valence-electron chi connectivity index (χ4n) is 8.35. The Balaban J connectivity index is 0.761. The highest BCUT2D eigenvalue weighted by atomic mass is 35.5. The van der Waals surface area contributed by atoms with Crippen LogP contribution < -0.4 is 52.6 Å². The molecule has 1 atom stereocenters. The highest BCUT2D eigenvalue weighted by Gasteiger charge is 2.29. The standard InChI is InChI=1S/C49H48ClF2N17O4/c50-33-19-30(20-37(21-33)60-36-7-9-42(55-26-36)46(70)63-65-48-56-27-39(51)44(61-48)67-12-15-72-16-13-67)31-18-32(24-53-23-31)43-29-73-17-14-68(43)45-40(52)28-57-49(62-45)66-64-47(71)41-8-6-35(25-54-41)59-34-4-3-5-38(22-34)69-11-2-1-10-58-69/h3-9,18-28,43,58-60H,1-2,10-17,29H2,(H,63,70)(H,64,71)(H,56,61,65)(H,57,62,66). The van der Waals surface area contributed by atoms with Crippen molar-refractivity contribution in [3.8, 4) is 11.1 Å². The number of hydrogen-bond donors (Lipinski definition) is 7. The van der Waals surface area contributed by atoms with Crippen LogP contribution in [0.15, 0.2) is 110 Å². The Kier molecular flexibility index (Phi) is 14.8. The van der Waals surface area contributed by atoms with Gasteiger partial charge in [0.05, 0.1) is 74.3 Å². The Morgan fingerprint density at radius 2 is 1.33 bits per heavy atom. The largest absolute Gasteiger partial charge is 0.378 e. The van der Waals surface area contributed by atoms with E-state index < -0.39 is 29.5 Å². The number of hydrazine groups is 3. The summed E-state index contributed by atoms with van der Waals surface area (Å²) in [6, 6.07) is 21.4. The fourth-order valence-corrected chi connectivity index (χ4v) is 8.58. The van der Waals surface area contributed by atoms with Crippen molar-refractivity contribution in [2.75, 3.05) is 95.4 Å². The van der Waals surface area contributed by atoms with E-state index in [0.29, 0.717) is 61.5 Å². The summed E-state index contributed by atoms with van der Waals surface area (Å²) in [6.07, 6.45) is 10.8. The van der Waals surface area contributed by atoms with E-state index in [-0.39, 0.29) is 41.5 Å². The second-order valence-corrected chi connectivity index (χ2v) is 17.4. The molecule has 3 aliphatic rings. The van der Waals surface area contributed by atoms with Gasteiger partial charge in [-0.1, -0.05) is 17.7 Å². The quantitative estimate of drug-likeness (QED) is 0.0538. The molecule has 2 amide bonds. The SMILES string of the molecule is O=C(NNc1ncc(F)c(N2CCOCC2)n1)c1ccc(Nc2cc(Cl)cc(-c3cncc(C4COCCN4c4nc(NNC(=O)c5ccc(Nc6cccc(N7CCCCN7)c6)cn5)ncc4F)c3)c2)cn1. The number of ether oxygens (including phenoxy) is 2. The van der Waals surface area contributed by atoms with Crippen molar-refractivity contribution in [2.45, 2.75) is 18.9 Å². The molecule has 0 spiro atoms. The molecular formula is C49H48ClF2N17O4. The summed E-state index contributed by atoms with van der Waals surface area (Å²) >= 11 is 6.64. The zero-order chi connectivity index (χ0) is 50.1. The number of anilines is 9. The van der Waals surface area contributed by atoms with Gasteiger partial charge >= 0.3 is 0 Å². The molecule has 3 saturated heterocycles. The van der Waals surface area contributed by atoms with E-state index in [4.69, 9.17) is 21.1 Å². The van der Waals surface area contributed by atoms with Crippen molar-refractivity contribution in [3.63, 3.8) is 0 Å². The first kappa shape index (κ1) is 48.3. The average molecular weight is 1010 g/mol. The molecule has 0 saturated carbocycles. The number of carbonyl (C=O) groups excluding carboxylic acids is 2. The van der Waals surface area contributed by atoms with Gasteiger partial charge in [0.2, 0.25) is 11.9 Å². The van der Waals surface area contributed by atoms with Gasteiger partial charge in [0.15, 0.2) is 23.3 Å². The smallest absolute Gasteiger partial charge is 0.288 e. The maximum Gasteiger partial charge on any atom is 0.288 e. The predicted molar refractivity (Wildman–Crippen MR) is 271 cm³/mol. The van der Waals surface area contributed by atoms with Crippen LogP contribution in [0.25, 0.3) is 11.1 Å². The number of aromatic nitrogens is 7. The zero-order valence-corrected chi connectivity index (χ0v) is 39.7. The van der Waals surface area contributed by atoms with Crippen LogP contribution in [0.1, 0.15) is 45.4 Å². The van der Waals surface area contributed by atoms with Gasteiger partial charge in [0.1, 0.15) is 11.4 Å². The number of halogens is 3. The first-order valence-electron chi connectivity index (χ1n) is 23.4. The van der Waals surface area contributed by atoms with E-state index in [1.165, 1.54) is 12.3 Å². The summed E-state index contributed by atoms with van der Waals surface area (Å²) in [4.78, 5) is 59.4. The lowest BCUT2D eigenvalue weighted by atomic mass is 10.0. The molecule has 7 aromatic rings. The lowest BCUT2D eigenvalue weighted by Crippen LogP contribution is -2.43. The van der Waals surface area contributed by atoms with E-state index in [9.17, 15) is 14.0 Å². The third-order valence-electron chi connectivity index (χ3n) is 12.0. The Bertz CT molecular complexity index is 3080. The minimum Gasteiger partial charge on any atom is -0.378 e. The number of morpholine rings is 2. The molecule has 374 valence electrons. The van der Waals surface area contributed by atoms with Gasteiger partial charge in [-0.15, -0.1) is 0 Å². The van der Waals surface area contributed by atoms with Crippen molar-refractivity contribution in [3.05, 3.63) is 144 Å². The average Bonchev–Trinajstić information content (AvgIpc) is 3.43. The van der Waals surface area contributed by atoms with Crippen molar-refractivity contribution in [1.82, 2.24) is 51.2 Å². The molecule has 0 bridgehead atoms. The maximum absolute atomic E-state index is 15.6. The molecule has 21 nitrogen and oxygen atoms in total. The second-order valence-electron chi connectivity index (χ2n) is 16.9. The molecule has 1 unspecified atom stereocenters. The molecule has 0 radical (unpaired) electrons. The number of benzene rings is 2. The molecule has 3 aliphatic heterocycles. The second kappa shape index (κ2) is 22.4. The van der Waals surface area contributed by atoms with Crippen LogP contribution in [-0.4, -0.2) is 106 Å². The summed E-state index contributed by atoms with van der Waals surface area (Å²) < 4.78 is 41.3. The minimum atomic E-state index is -0.668. The number of nitrogens with one attached hydrogen (secondary N) is 7. The third-order valence-corrected chi connectivity index (χ3v) is 12.2. The molecule has 7 N–H and O–H groups in total. The van der Waals surface area contributed by atoms with Crippen LogP contribution in [0, 0.1) is 11.6 Å². The summed E-state index contributed by atoms with van der Waals surface area (Å²) in [5.74, 6) is -2.28. The number of pyridine rings is 3. The molecule has 2 aromatic carbocycles. The number of amides is 2. The Labute approximate surface area is 422 Å². The lowest BCUT2D eigenvalue weighted by Gasteiger charge is -2.36. The van der Waals surface area contributed by atoms with Crippen molar-refractivity contribution >= 4 is 75.4 Å². The minimum absolute atomic E-state index is 0.00159. The number of hydrogen-bond acceptors (Lipinski definition) is 19. The van der Waals surface area contributed by atoms with Gasteiger partial charge in [-0.3, -0.25) is 36.3 Å². The Morgan fingerprint density at radius 1 is 0.644 bits per heavy atom. The molecule has 3 fully saturated rings. The molecule has 8 heterocycles. The van der Waals surface area contributed by atoms with Crippen LogP contribution in [0.2, 0.25) is 5.02 Å². The van der Waals surface area contributed by atoms with E-state index in [1.807, 2.05) is 30.3 Å². The number of rotatable bonds is 15. The molecule has 5 aromatic heterocycles. The molecule has 24 heteroatoms. The van der Waals surface area contributed by atoms with Crippen LogP contribution >= 0.6 is 11.6 Å². The lowest BCUT2D eigenvalue weighted by molar-refractivity contribution is 0.0932. The van der Waals surface area contributed by atoms with E-state index in [1.54, 1.807) is 58.7 Å². The van der Waals surface area contributed by atoms with E-state index in [0.717, 1.165) is 66.4 Å². The van der Waals surface area contributed by atoms with Crippen LogP contribution in [0.3, 0.4) is 0 Å². The first-order chi connectivity index (χ1) is 35.7. The monoisotopic (exact) mass is 1010 g/mol. The summed E-state index contributed by atoms with van der Waals surface area (Å²) in [7, 11) is 0. The summed E-state index contributed by atoms with van der Waals surface area (Å²) in [6.45, 7) is 4.55. The van der Waals surface area contributed by atoms with E-state index >= 15 is 4.39 Å². The fraction of sp³-hybridized carbons (Fsp3) is 0.245. The van der Waals surface area contributed by atoms with Gasteiger partial charge < -0.3 is 34.9 Å².